The molecule has 3 rings (SSSR count). The van der Waals surface area contributed by atoms with Gasteiger partial charge in [-0.25, -0.2) is 0 Å². The van der Waals surface area contributed by atoms with Crippen molar-refractivity contribution in [3.05, 3.63) is 34.9 Å². The van der Waals surface area contributed by atoms with E-state index in [4.69, 9.17) is 0 Å². The number of rotatable bonds is 3. The van der Waals surface area contributed by atoms with Crippen molar-refractivity contribution in [2.75, 3.05) is 40.3 Å². The molecule has 1 aromatic carbocycles. The molecule has 1 saturated heterocycles. The topological polar surface area (TPSA) is 60.9 Å². The lowest BCUT2D eigenvalue weighted by molar-refractivity contribution is 0.0764. The van der Waals surface area contributed by atoms with Crippen LogP contribution in [0.5, 0.6) is 0 Å². The van der Waals surface area contributed by atoms with Gasteiger partial charge in [0.05, 0.1) is 0 Å². The number of hydrogen-bond donors (Lipinski definition) is 0. The molecule has 0 N–H and O–H groups in total. The van der Waals surface area contributed by atoms with Crippen molar-refractivity contribution in [3.8, 4) is 0 Å². The van der Waals surface area contributed by atoms with Gasteiger partial charge >= 0.3 is 0 Å². The Kier molecular flexibility index (Phi) is 4.94. The summed E-state index contributed by atoms with van der Waals surface area (Å²) >= 11 is 0. The van der Waals surface area contributed by atoms with E-state index >= 15 is 0 Å². The van der Waals surface area contributed by atoms with Crippen LogP contribution >= 0.6 is 0 Å². The van der Waals surface area contributed by atoms with E-state index in [-0.39, 0.29) is 5.91 Å². The molecule has 0 radical (unpaired) electrons. The fourth-order valence-corrected chi connectivity index (χ4v) is 4.58. The summed E-state index contributed by atoms with van der Waals surface area (Å²) in [6, 6.07) is 5.99. The Morgan fingerprint density at radius 1 is 1.00 bits per heavy atom. The first-order valence-corrected chi connectivity index (χ1v) is 9.88. The highest BCUT2D eigenvalue weighted by molar-refractivity contribution is 7.86. The van der Waals surface area contributed by atoms with Crippen LogP contribution in [-0.2, 0) is 23.1 Å². The van der Waals surface area contributed by atoms with Crippen LogP contribution < -0.4 is 0 Å². The minimum absolute atomic E-state index is 0.00815. The zero-order valence-electron chi connectivity index (χ0n) is 14.4. The van der Waals surface area contributed by atoms with E-state index in [2.05, 4.69) is 6.07 Å². The molecule has 6 nitrogen and oxygen atoms in total. The highest BCUT2D eigenvalue weighted by atomic mass is 32.2. The van der Waals surface area contributed by atoms with Gasteiger partial charge in [0.15, 0.2) is 0 Å². The summed E-state index contributed by atoms with van der Waals surface area (Å²) in [5.41, 5.74) is 3.36. The second kappa shape index (κ2) is 6.82. The summed E-state index contributed by atoms with van der Waals surface area (Å²) in [7, 11) is -0.346. The number of carbonyl (C=O) groups is 1. The molecule has 0 unspecified atom stereocenters. The standard InChI is InChI=1S/C17H25N3O3S/c1-18(2)24(22,23)20-10-4-9-19(11-12-20)17(21)16-8-7-14-5-3-6-15(14)13-16/h7-8,13H,3-6,9-12H2,1-2H3. The Hall–Kier alpha value is -1.44. The molecule has 2 aliphatic rings. The van der Waals surface area contributed by atoms with Gasteiger partial charge in [0.1, 0.15) is 0 Å². The van der Waals surface area contributed by atoms with Crippen LogP contribution in [-0.4, -0.2) is 68.1 Å². The zero-order chi connectivity index (χ0) is 17.3. The largest absolute Gasteiger partial charge is 0.337 e. The van der Waals surface area contributed by atoms with E-state index in [1.165, 1.54) is 33.8 Å². The van der Waals surface area contributed by atoms with Gasteiger partial charge in [-0.2, -0.15) is 17.0 Å². The quantitative estimate of drug-likeness (QED) is 0.820. The van der Waals surface area contributed by atoms with Gasteiger partial charge in [0.2, 0.25) is 0 Å². The lowest BCUT2D eigenvalue weighted by Gasteiger charge is -2.24. The molecule has 0 atom stereocenters. The molecule has 0 spiro atoms. The number of carbonyl (C=O) groups excluding carboxylic acids is 1. The van der Waals surface area contributed by atoms with Crippen LogP contribution in [0.4, 0.5) is 0 Å². The maximum atomic E-state index is 12.8. The van der Waals surface area contributed by atoms with Gasteiger partial charge in [0.25, 0.3) is 16.1 Å². The van der Waals surface area contributed by atoms with E-state index in [9.17, 15) is 13.2 Å². The maximum absolute atomic E-state index is 12.8. The molecule has 7 heteroatoms. The van der Waals surface area contributed by atoms with Crippen molar-refractivity contribution in [3.63, 3.8) is 0 Å². The summed E-state index contributed by atoms with van der Waals surface area (Å²) < 4.78 is 27.2. The maximum Gasteiger partial charge on any atom is 0.281 e. The Morgan fingerprint density at radius 2 is 1.75 bits per heavy atom. The summed E-state index contributed by atoms with van der Waals surface area (Å²) in [4.78, 5) is 14.6. The highest BCUT2D eigenvalue weighted by Crippen LogP contribution is 2.23. The lowest BCUT2D eigenvalue weighted by Crippen LogP contribution is -2.42. The third kappa shape index (κ3) is 3.34. The van der Waals surface area contributed by atoms with Crippen molar-refractivity contribution in [2.24, 2.45) is 0 Å². The normalized spacial score (nSPS) is 19.4. The highest BCUT2D eigenvalue weighted by Gasteiger charge is 2.28. The molecule has 24 heavy (non-hydrogen) atoms. The minimum Gasteiger partial charge on any atom is -0.337 e. The van der Waals surface area contributed by atoms with Gasteiger partial charge < -0.3 is 4.90 Å². The first-order chi connectivity index (χ1) is 11.4. The average Bonchev–Trinajstić information content (AvgIpc) is 2.87. The molecule has 0 saturated carbocycles. The van der Waals surface area contributed by atoms with Gasteiger partial charge in [-0.3, -0.25) is 4.79 Å². The molecule has 0 bridgehead atoms. The Bertz CT molecular complexity index is 731. The zero-order valence-corrected chi connectivity index (χ0v) is 15.2. The van der Waals surface area contributed by atoms with Crippen molar-refractivity contribution < 1.29 is 13.2 Å². The third-order valence-corrected chi connectivity index (χ3v) is 6.82. The molecular weight excluding hydrogens is 326 g/mol. The van der Waals surface area contributed by atoms with Crippen molar-refractivity contribution in [2.45, 2.75) is 25.7 Å². The van der Waals surface area contributed by atoms with E-state index in [1.807, 2.05) is 12.1 Å². The molecular formula is C17H25N3O3S. The number of hydrogen-bond acceptors (Lipinski definition) is 3. The van der Waals surface area contributed by atoms with Crippen LogP contribution in [0.25, 0.3) is 0 Å². The van der Waals surface area contributed by atoms with Crippen LogP contribution in [0.15, 0.2) is 18.2 Å². The van der Waals surface area contributed by atoms with Gasteiger partial charge in [0, 0.05) is 45.8 Å². The third-order valence-electron chi connectivity index (χ3n) is 4.88. The predicted molar refractivity (Wildman–Crippen MR) is 93.2 cm³/mol. The van der Waals surface area contributed by atoms with Gasteiger partial charge in [-0.15, -0.1) is 0 Å². The lowest BCUT2D eigenvalue weighted by atomic mass is 10.1. The monoisotopic (exact) mass is 351 g/mol. The smallest absolute Gasteiger partial charge is 0.281 e. The van der Waals surface area contributed by atoms with E-state index in [1.54, 1.807) is 4.90 Å². The summed E-state index contributed by atoms with van der Waals surface area (Å²) in [6.45, 7) is 1.82. The summed E-state index contributed by atoms with van der Waals surface area (Å²) in [6.07, 6.45) is 3.97. The molecule has 0 aromatic heterocycles. The molecule has 1 heterocycles. The van der Waals surface area contributed by atoms with E-state index in [0.717, 1.165) is 24.8 Å². The summed E-state index contributed by atoms with van der Waals surface area (Å²) in [5.74, 6) is 0.00815. The number of amides is 1. The average molecular weight is 351 g/mol. The van der Waals surface area contributed by atoms with Gasteiger partial charge in [-0.1, -0.05) is 6.07 Å². The SMILES string of the molecule is CN(C)S(=O)(=O)N1CCCN(C(=O)c2ccc3c(c2)CCC3)CC1. The van der Waals surface area contributed by atoms with Crippen LogP contribution in [0.3, 0.4) is 0 Å². The van der Waals surface area contributed by atoms with Crippen LogP contribution in [0.1, 0.15) is 34.3 Å². The van der Waals surface area contributed by atoms with Crippen molar-refractivity contribution in [1.82, 2.24) is 13.5 Å². The summed E-state index contributed by atoms with van der Waals surface area (Å²) in [5, 5.41) is 0. The van der Waals surface area contributed by atoms with Crippen molar-refractivity contribution in [1.29, 1.82) is 0 Å². The van der Waals surface area contributed by atoms with Crippen molar-refractivity contribution >= 4 is 16.1 Å². The second-order valence-corrected chi connectivity index (χ2v) is 8.81. The number of aryl methyl sites for hydroxylation is 2. The van der Waals surface area contributed by atoms with Gasteiger partial charge in [-0.05, 0) is 48.9 Å². The second-order valence-electron chi connectivity index (χ2n) is 6.67. The Balaban J connectivity index is 1.71. The van der Waals surface area contributed by atoms with E-state index in [0.29, 0.717) is 32.6 Å². The van der Waals surface area contributed by atoms with Crippen LogP contribution in [0, 0.1) is 0 Å². The van der Waals surface area contributed by atoms with Crippen LogP contribution in [0.2, 0.25) is 0 Å². The van der Waals surface area contributed by atoms with E-state index < -0.39 is 10.2 Å². The number of nitrogens with zero attached hydrogens (tertiary/aromatic N) is 3. The molecule has 1 aliphatic heterocycles. The predicted octanol–water partition coefficient (Wildman–Crippen LogP) is 1.13. The fraction of sp³-hybridized carbons (Fsp3) is 0.588. The first kappa shape index (κ1) is 17.4. The number of fused-ring (bicyclic) bond motifs is 1. The molecule has 1 fully saturated rings. The Morgan fingerprint density at radius 3 is 2.50 bits per heavy atom. The molecule has 1 aliphatic carbocycles. The Labute approximate surface area is 144 Å². The minimum atomic E-state index is -3.42. The first-order valence-electron chi connectivity index (χ1n) is 8.48. The molecule has 1 aromatic rings. The molecule has 1 amide bonds. The fourth-order valence-electron chi connectivity index (χ4n) is 3.45. The molecule has 132 valence electrons. The number of benzene rings is 1.